The van der Waals surface area contributed by atoms with Crippen molar-refractivity contribution in [2.75, 3.05) is 36.8 Å². The third-order valence-electron chi connectivity index (χ3n) is 6.81. The van der Waals surface area contributed by atoms with Crippen LogP contribution in [0.1, 0.15) is 24.2 Å². The van der Waals surface area contributed by atoms with E-state index in [2.05, 4.69) is 10.0 Å². The molecule has 3 aromatic rings. The van der Waals surface area contributed by atoms with Crippen molar-refractivity contribution in [1.82, 2.24) is 9.80 Å². The zero-order chi connectivity index (χ0) is 28.9. The quantitative estimate of drug-likeness (QED) is 0.380. The molecule has 0 aliphatic carbocycles. The summed E-state index contributed by atoms with van der Waals surface area (Å²) < 4.78 is 35.3. The molecule has 3 aromatic carbocycles. The van der Waals surface area contributed by atoms with Crippen molar-refractivity contribution >= 4 is 33.3 Å². The Labute approximate surface area is 234 Å². The van der Waals surface area contributed by atoms with Gasteiger partial charge in [-0.05, 0) is 43.3 Å². The minimum absolute atomic E-state index is 0.0579. The lowest BCUT2D eigenvalue weighted by Crippen LogP contribution is -2.50. The molecule has 212 valence electrons. The molecule has 0 saturated carbocycles. The van der Waals surface area contributed by atoms with Crippen LogP contribution in [0, 0.1) is 5.92 Å². The molecule has 0 aromatic heterocycles. The van der Waals surface area contributed by atoms with Gasteiger partial charge in [0.05, 0.1) is 35.3 Å². The van der Waals surface area contributed by atoms with E-state index in [0.717, 1.165) is 0 Å². The highest BCUT2D eigenvalue weighted by molar-refractivity contribution is 7.92. The largest absolute Gasteiger partial charge is 0.485 e. The summed E-state index contributed by atoms with van der Waals surface area (Å²) in [6, 6.07) is 20.8. The number of anilines is 2. The van der Waals surface area contributed by atoms with Gasteiger partial charge in [0.2, 0.25) is 0 Å². The number of hydrogen-bond acceptors (Lipinski definition) is 6. The van der Waals surface area contributed by atoms with Crippen LogP contribution >= 0.6 is 0 Å². The second-order valence-electron chi connectivity index (χ2n) is 9.90. The second kappa shape index (κ2) is 12.4. The zero-order valence-corrected chi connectivity index (χ0v) is 23.5. The number of aliphatic hydroxyl groups excluding tert-OH is 1. The van der Waals surface area contributed by atoms with Gasteiger partial charge in [0, 0.05) is 25.2 Å². The summed E-state index contributed by atoms with van der Waals surface area (Å²) in [5.74, 6) is -0.606. The molecule has 0 fully saturated rings. The molecule has 1 aliphatic rings. The van der Waals surface area contributed by atoms with E-state index >= 15 is 0 Å². The Morgan fingerprint density at radius 2 is 1.73 bits per heavy atom. The molecule has 3 N–H and O–H groups in total. The fourth-order valence-electron chi connectivity index (χ4n) is 4.44. The molecule has 0 radical (unpaired) electrons. The number of hydrogen-bond donors (Lipinski definition) is 3. The van der Waals surface area contributed by atoms with Crippen LogP contribution in [0.2, 0.25) is 0 Å². The number of likely N-dealkylation sites (N-methyl/N-ethyl adjacent to an activating group) is 1. The molecule has 1 aliphatic heterocycles. The van der Waals surface area contributed by atoms with E-state index in [0.29, 0.717) is 5.69 Å². The van der Waals surface area contributed by atoms with E-state index < -0.39 is 28.1 Å². The predicted octanol–water partition coefficient (Wildman–Crippen LogP) is 3.87. The summed E-state index contributed by atoms with van der Waals surface area (Å²) in [6.07, 6.45) is -0.617. The Bertz CT molecular complexity index is 1440. The minimum Gasteiger partial charge on any atom is -0.485 e. The Kier molecular flexibility index (Phi) is 8.96. The van der Waals surface area contributed by atoms with Gasteiger partial charge in [0.15, 0.2) is 5.75 Å². The Morgan fingerprint density at radius 3 is 2.38 bits per heavy atom. The molecule has 3 amide bonds. The maximum atomic E-state index is 13.6. The topological polar surface area (TPSA) is 128 Å². The predicted molar refractivity (Wildman–Crippen MR) is 153 cm³/mol. The Hall–Kier alpha value is -4.09. The number of carbonyl (C=O) groups is 2. The summed E-state index contributed by atoms with van der Waals surface area (Å²) >= 11 is 0. The number of sulfonamides is 1. The lowest BCUT2D eigenvalue weighted by molar-refractivity contribution is 0.0373. The van der Waals surface area contributed by atoms with Gasteiger partial charge in [-0.3, -0.25) is 9.52 Å². The van der Waals surface area contributed by atoms with E-state index in [1.807, 2.05) is 25.1 Å². The lowest BCUT2D eigenvalue weighted by Gasteiger charge is -2.38. The van der Waals surface area contributed by atoms with E-state index in [4.69, 9.17) is 4.74 Å². The van der Waals surface area contributed by atoms with E-state index in [1.165, 1.54) is 23.1 Å². The van der Waals surface area contributed by atoms with Crippen LogP contribution in [-0.4, -0.2) is 74.2 Å². The van der Waals surface area contributed by atoms with Crippen LogP contribution in [0.5, 0.6) is 5.75 Å². The number of ether oxygens (including phenoxy) is 1. The van der Waals surface area contributed by atoms with Crippen molar-refractivity contribution in [3.63, 3.8) is 0 Å². The summed E-state index contributed by atoms with van der Waals surface area (Å²) in [5, 5.41) is 12.7. The number of nitrogens with one attached hydrogen (secondary N) is 2. The first-order chi connectivity index (χ1) is 19.1. The van der Waals surface area contributed by atoms with Crippen LogP contribution in [0.3, 0.4) is 0 Å². The molecule has 40 heavy (non-hydrogen) atoms. The number of fused-ring (bicyclic) bond motifs is 1. The van der Waals surface area contributed by atoms with Crippen molar-refractivity contribution in [2.45, 2.75) is 30.9 Å². The molecular weight excluding hydrogens is 532 g/mol. The zero-order valence-electron chi connectivity index (χ0n) is 22.7. The van der Waals surface area contributed by atoms with Gasteiger partial charge >= 0.3 is 6.03 Å². The standard InChI is InChI=1S/C29H34N4O6S/c1-20-17-33(21(2)19-34)28(35)24-15-10-16-25(31-40(37,38)23-13-8-5-9-14-23)27(24)39-26(20)18-32(3)29(36)30-22-11-6-4-7-12-22/h4-16,20-21,26,31,34H,17-19H2,1-3H3,(H,30,36)/t20-,21-,26+/m0/s1. The highest BCUT2D eigenvalue weighted by Crippen LogP contribution is 2.36. The smallest absolute Gasteiger partial charge is 0.321 e. The number of urea groups is 1. The molecular formula is C29H34N4O6S. The SMILES string of the molecule is C[C@H]1CN([C@@H](C)CO)C(=O)c2cccc(NS(=O)(=O)c3ccccc3)c2O[C@@H]1CN(C)C(=O)Nc1ccccc1. The first-order valence-corrected chi connectivity index (χ1v) is 14.5. The lowest BCUT2D eigenvalue weighted by atomic mass is 9.99. The summed E-state index contributed by atoms with van der Waals surface area (Å²) in [4.78, 5) is 29.7. The fourth-order valence-corrected chi connectivity index (χ4v) is 5.52. The molecule has 3 atom stereocenters. The molecule has 0 bridgehead atoms. The van der Waals surface area contributed by atoms with Crippen molar-refractivity contribution in [2.24, 2.45) is 5.92 Å². The number of nitrogens with zero attached hydrogens (tertiary/aromatic N) is 2. The van der Waals surface area contributed by atoms with Crippen molar-refractivity contribution < 1.29 is 27.9 Å². The van der Waals surface area contributed by atoms with Crippen molar-refractivity contribution in [3.8, 4) is 5.75 Å². The van der Waals surface area contributed by atoms with Crippen LogP contribution in [0.4, 0.5) is 16.2 Å². The molecule has 0 unspecified atom stereocenters. The van der Waals surface area contributed by atoms with Gasteiger partial charge < -0.3 is 25.0 Å². The molecule has 0 spiro atoms. The van der Waals surface area contributed by atoms with E-state index in [9.17, 15) is 23.1 Å². The average Bonchev–Trinajstić information content (AvgIpc) is 2.95. The molecule has 11 heteroatoms. The molecule has 10 nitrogen and oxygen atoms in total. The maximum absolute atomic E-state index is 13.6. The van der Waals surface area contributed by atoms with Gasteiger partial charge in [-0.1, -0.05) is 49.4 Å². The normalized spacial score (nSPS) is 18.0. The van der Waals surface area contributed by atoms with Crippen LogP contribution in [0.15, 0.2) is 83.8 Å². The first-order valence-electron chi connectivity index (χ1n) is 13.0. The van der Waals surface area contributed by atoms with Crippen LogP contribution in [0.25, 0.3) is 0 Å². The fraction of sp³-hybridized carbons (Fsp3) is 0.310. The third-order valence-corrected chi connectivity index (χ3v) is 8.20. The van der Waals surface area contributed by atoms with E-state index in [-0.39, 0.29) is 53.5 Å². The van der Waals surface area contributed by atoms with Crippen LogP contribution in [-0.2, 0) is 10.0 Å². The Balaban J connectivity index is 1.69. The molecule has 1 heterocycles. The van der Waals surface area contributed by atoms with Crippen molar-refractivity contribution in [3.05, 3.63) is 84.4 Å². The highest BCUT2D eigenvalue weighted by Gasteiger charge is 2.35. The monoisotopic (exact) mass is 566 g/mol. The maximum Gasteiger partial charge on any atom is 0.321 e. The Morgan fingerprint density at radius 1 is 1.07 bits per heavy atom. The van der Waals surface area contributed by atoms with Crippen molar-refractivity contribution in [1.29, 1.82) is 0 Å². The average molecular weight is 567 g/mol. The number of rotatable bonds is 8. The second-order valence-corrected chi connectivity index (χ2v) is 11.6. The van der Waals surface area contributed by atoms with Gasteiger partial charge in [-0.25, -0.2) is 13.2 Å². The number of aliphatic hydroxyl groups is 1. The molecule has 0 saturated heterocycles. The van der Waals surface area contributed by atoms with E-state index in [1.54, 1.807) is 61.3 Å². The highest BCUT2D eigenvalue weighted by atomic mass is 32.2. The first kappa shape index (κ1) is 28.9. The number of benzene rings is 3. The van der Waals surface area contributed by atoms with Gasteiger partial charge in [-0.2, -0.15) is 0 Å². The van der Waals surface area contributed by atoms with Crippen LogP contribution < -0.4 is 14.8 Å². The number of carbonyl (C=O) groups excluding carboxylic acids is 2. The van der Waals surface area contributed by atoms with Gasteiger partial charge in [-0.15, -0.1) is 0 Å². The molecule has 4 rings (SSSR count). The van der Waals surface area contributed by atoms with Gasteiger partial charge in [0.25, 0.3) is 15.9 Å². The summed E-state index contributed by atoms with van der Waals surface area (Å²) in [6.45, 7) is 3.79. The number of amides is 3. The summed E-state index contributed by atoms with van der Waals surface area (Å²) in [7, 11) is -2.36. The number of para-hydroxylation sites is 2. The third kappa shape index (κ3) is 6.54. The summed E-state index contributed by atoms with van der Waals surface area (Å²) in [5.41, 5.74) is 0.895. The van der Waals surface area contributed by atoms with Gasteiger partial charge in [0.1, 0.15) is 6.10 Å². The minimum atomic E-state index is -3.99.